The summed E-state index contributed by atoms with van der Waals surface area (Å²) in [7, 11) is 1.50. The summed E-state index contributed by atoms with van der Waals surface area (Å²) in [5, 5.41) is 19.4. The molecule has 1 atom stereocenters. The molecule has 2 aromatic rings. The first-order valence-electron chi connectivity index (χ1n) is 8.77. The second kappa shape index (κ2) is 7.99. The van der Waals surface area contributed by atoms with Crippen molar-refractivity contribution in [3.05, 3.63) is 48.0 Å². The van der Waals surface area contributed by atoms with Crippen molar-refractivity contribution < 1.29 is 19.5 Å². The molecule has 2 aromatic carbocycles. The minimum atomic E-state index is -0.971. The Hall–Kier alpha value is -3.22. The van der Waals surface area contributed by atoms with Gasteiger partial charge in [-0.3, -0.25) is 14.4 Å². The zero-order valence-electron chi connectivity index (χ0n) is 15.0. The fourth-order valence-electron chi connectivity index (χ4n) is 3.13. The predicted octanol–water partition coefficient (Wildman–Crippen LogP) is 1.81. The van der Waals surface area contributed by atoms with Crippen molar-refractivity contribution in [2.75, 3.05) is 13.6 Å². The first-order valence-corrected chi connectivity index (χ1v) is 8.77. The highest BCUT2D eigenvalue weighted by Crippen LogP contribution is 2.21. The Labute approximate surface area is 156 Å². The van der Waals surface area contributed by atoms with Crippen molar-refractivity contribution >= 4 is 34.3 Å². The second-order valence-corrected chi connectivity index (χ2v) is 6.55. The SMILES string of the molecule is CN1N=C(C(=O)NCC(Cc2cccc3ccccc23)C(=O)O)CCC1=O. The van der Waals surface area contributed by atoms with Crippen LogP contribution in [0, 0.1) is 5.92 Å². The van der Waals surface area contributed by atoms with E-state index < -0.39 is 17.8 Å². The Morgan fingerprint density at radius 3 is 2.67 bits per heavy atom. The van der Waals surface area contributed by atoms with Crippen molar-refractivity contribution in [1.29, 1.82) is 0 Å². The van der Waals surface area contributed by atoms with Gasteiger partial charge in [0.25, 0.3) is 5.91 Å². The lowest BCUT2D eigenvalue weighted by Crippen LogP contribution is -2.41. The third-order valence-electron chi connectivity index (χ3n) is 4.67. The van der Waals surface area contributed by atoms with Crippen molar-refractivity contribution in [1.82, 2.24) is 10.3 Å². The molecule has 2 N–H and O–H groups in total. The lowest BCUT2D eigenvalue weighted by atomic mass is 9.94. The van der Waals surface area contributed by atoms with Crippen molar-refractivity contribution in [3.8, 4) is 0 Å². The average molecular weight is 367 g/mol. The summed E-state index contributed by atoms with van der Waals surface area (Å²) in [4.78, 5) is 35.4. The van der Waals surface area contributed by atoms with Gasteiger partial charge in [-0.25, -0.2) is 5.01 Å². The number of hydrogen-bond donors (Lipinski definition) is 2. The molecule has 0 saturated carbocycles. The number of nitrogens with one attached hydrogen (secondary N) is 1. The monoisotopic (exact) mass is 367 g/mol. The van der Waals surface area contributed by atoms with Gasteiger partial charge in [-0.2, -0.15) is 5.10 Å². The van der Waals surface area contributed by atoms with Crippen molar-refractivity contribution in [3.63, 3.8) is 0 Å². The zero-order valence-corrected chi connectivity index (χ0v) is 15.0. The summed E-state index contributed by atoms with van der Waals surface area (Å²) in [6.45, 7) is -0.00588. The number of fused-ring (bicyclic) bond motifs is 1. The molecule has 140 valence electrons. The molecule has 1 aliphatic rings. The lowest BCUT2D eigenvalue weighted by Gasteiger charge is -2.20. The summed E-state index contributed by atoms with van der Waals surface area (Å²) >= 11 is 0. The topological polar surface area (TPSA) is 99.1 Å². The smallest absolute Gasteiger partial charge is 0.308 e. The maximum atomic E-state index is 12.3. The Morgan fingerprint density at radius 1 is 1.19 bits per heavy atom. The number of rotatable bonds is 6. The first kappa shape index (κ1) is 18.6. The molecule has 7 nitrogen and oxygen atoms in total. The summed E-state index contributed by atoms with van der Waals surface area (Å²) in [6, 6.07) is 13.6. The third kappa shape index (κ3) is 4.31. The molecular formula is C20H21N3O4. The summed E-state index contributed by atoms with van der Waals surface area (Å²) in [5.41, 5.74) is 1.17. The largest absolute Gasteiger partial charge is 0.481 e. The van der Waals surface area contributed by atoms with E-state index in [1.54, 1.807) is 0 Å². The number of carboxylic acids is 1. The van der Waals surface area contributed by atoms with E-state index in [4.69, 9.17) is 0 Å². The van der Waals surface area contributed by atoms with Gasteiger partial charge in [-0.15, -0.1) is 0 Å². The highest BCUT2D eigenvalue weighted by atomic mass is 16.4. The normalized spacial score (nSPS) is 15.4. The first-order chi connectivity index (χ1) is 13.0. The highest BCUT2D eigenvalue weighted by molar-refractivity contribution is 6.39. The maximum absolute atomic E-state index is 12.3. The lowest BCUT2D eigenvalue weighted by molar-refractivity contribution is -0.141. The predicted molar refractivity (Wildman–Crippen MR) is 101 cm³/mol. The highest BCUT2D eigenvalue weighted by Gasteiger charge is 2.24. The summed E-state index contributed by atoms with van der Waals surface area (Å²) < 4.78 is 0. The van der Waals surface area contributed by atoms with Crippen LogP contribution in [0.4, 0.5) is 0 Å². The van der Waals surface area contributed by atoms with E-state index in [2.05, 4.69) is 10.4 Å². The molecular weight excluding hydrogens is 346 g/mol. The minimum Gasteiger partial charge on any atom is -0.481 e. The van der Waals surface area contributed by atoms with Crippen LogP contribution in [0.1, 0.15) is 18.4 Å². The van der Waals surface area contributed by atoms with Crippen LogP contribution >= 0.6 is 0 Å². The molecule has 3 rings (SSSR count). The fraction of sp³-hybridized carbons (Fsp3) is 0.300. The molecule has 0 spiro atoms. The molecule has 27 heavy (non-hydrogen) atoms. The molecule has 0 aliphatic carbocycles. The van der Waals surface area contributed by atoms with Gasteiger partial charge < -0.3 is 10.4 Å². The number of hydrazone groups is 1. The Kier molecular flexibility index (Phi) is 5.49. The molecule has 0 saturated heterocycles. The molecule has 0 bridgehead atoms. The Morgan fingerprint density at radius 2 is 1.93 bits per heavy atom. The minimum absolute atomic E-state index is 0.00588. The number of hydrogen-bond acceptors (Lipinski definition) is 4. The summed E-state index contributed by atoms with van der Waals surface area (Å²) in [5.74, 6) is -2.31. The molecule has 0 aromatic heterocycles. The second-order valence-electron chi connectivity index (χ2n) is 6.55. The number of nitrogens with zero attached hydrogens (tertiary/aromatic N) is 2. The van der Waals surface area contributed by atoms with Crippen LogP contribution in [-0.2, 0) is 20.8 Å². The van der Waals surface area contributed by atoms with Gasteiger partial charge in [0, 0.05) is 26.4 Å². The average Bonchev–Trinajstić information content (AvgIpc) is 2.66. The fourth-order valence-corrected chi connectivity index (χ4v) is 3.13. The van der Waals surface area contributed by atoms with Crippen molar-refractivity contribution in [2.24, 2.45) is 11.0 Å². The standard InChI is InChI=1S/C20H21N3O4/c1-23-18(24)10-9-17(22-23)19(25)21-12-15(20(26)27)11-14-7-4-6-13-5-2-3-8-16(13)14/h2-8,15H,9-12H2,1H3,(H,21,25)(H,26,27). The molecule has 7 heteroatoms. The molecule has 1 unspecified atom stereocenters. The van der Waals surface area contributed by atoms with Gasteiger partial charge in [-0.1, -0.05) is 42.5 Å². The molecule has 1 aliphatic heterocycles. The van der Waals surface area contributed by atoms with Crippen LogP contribution in [0.25, 0.3) is 10.8 Å². The van der Waals surface area contributed by atoms with Crippen LogP contribution < -0.4 is 5.32 Å². The maximum Gasteiger partial charge on any atom is 0.308 e. The quantitative estimate of drug-likeness (QED) is 0.813. The number of carbonyl (C=O) groups is 3. The van der Waals surface area contributed by atoms with E-state index in [1.807, 2.05) is 42.5 Å². The van der Waals surface area contributed by atoms with E-state index >= 15 is 0 Å². The Bertz CT molecular complexity index is 917. The van der Waals surface area contributed by atoms with Gasteiger partial charge in [-0.05, 0) is 22.8 Å². The van der Waals surface area contributed by atoms with E-state index in [1.165, 1.54) is 7.05 Å². The van der Waals surface area contributed by atoms with Crippen LogP contribution in [-0.4, -0.2) is 47.2 Å². The number of carboxylic acid groups (broad SMARTS) is 1. The number of benzene rings is 2. The van der Waals surface area contributed by atoms with Crippen LogP contribution in [0.2, 0.25) is 0 Å². The van der Waals surface area contributed by atoms with Crippen LogP contribution in [0.15, 0.2) is 47.6 Å². The van der Waals surface area contributed by atoms with Gasteiger partial charge in [0.05, 0.1) is 5.92 Å². The van der Waals surface area contributed by atoms with E-state index in [9.17, 15) is 19.5 Å². The van der Waals surface area contributed by atoms with Crippen molar-refractivity contribution in [2.45, 2.75) is 19.3 Å². The molecule has 1 heterocycles. The summed E-state index contributed by atoms with van der Waals surface area (Å²) in [6.07, 6.45) is 0.791. The Balaban J connectivity index is 1.69. The van der Waals surface area contributed by atoms with Gasteiger partial charge in [0.2, 0.25) is 5.91 Å². The van der Waals surface area contributed by atoms with Crippen LogP contribution in [0.5, 0.6) is 0 Å². The van der Waals surface area contributed by atoms with Gasteiger partial charge in [0.1, 0.15) is 5.71 Å². The third-order valence-corrected chi connectivity index (χ3v) is 4.67. The molecule has 2 amide bonds. The number of amides is 2. The number of aliphatic carboxylic acids is 1. The van der Waals surface area contributed by atoms with Gasteiger partial charge in [0.15, 0.2) is 0 Å². The van der Waals surface area contributed by atoms with E-state index in [-0.39, 0.29) is 31.0 Å². The van der Waals surface area contributed by atoms with E-state index in [0.29, 0.717) is 6.42 Å². The van der Waals surface area contributed by atoms with E-state index in [0.717, 1.165) is 21.3 Å². The molecule has 0 radical (unpaired) electrons. The molecule has 0 fully saturated rings. The van der Waals surface area contributed by atoms with Gasteiger partial charge >= 0.3 is 5.97 Å². The zero-order chi connectivity index (χ0) is 19.4. The van der Waals surface area contributed by atoms with Crippen LogP contribution in [0.3, 0.4) is 0 Å². The number of carbonyl (C=O) groups excluding carboxylic acids is 2.